The zero-order chi connectivity index (χ0) is 18.2. The van der Waals surface area contributed by atoms with Gasteiger partial charge in [0.05, 0.1) is 12.5 Å². The summed E-state index contributed by atoms with van der Waals surface area (Å²) in [6.45, 7) is 3.65. The minimum Gasteiger partial charge on any atom is -0.465 e. The van der Waals surface area contributed by atoms with Gasteiger partial charge < -0.3 is 10.5 Å². The van der Waals surface area contributed by atoms with Gasteiger partial charge >= 0.3 is 5.97 Å². The van der Waals surface area contributed by atoms with E-state index in [9.17, 15) is 4.79 Å². The van der Waals surface area contributed by atoms with E-state index in [0.717, 1.165) is 38.6 Å². The molecule has 1 saturated carbocycles. The summed E-state index contributed by atoms with van der Waals surface area (Å²) in [6, 6.07) is 0. The van der Waals surface area contributed by atoms with Crippen LogP contribution >= 0.6 is 0 Å². The Morgan fingerprint density at radius 2 is 1.28 bits per heavy atom. The van der Waals surface area contributed by atoms with Crippen molar-refractivity contribution >= 4 is 5.97 Å². The SMILES string of the molecule is CCCCCCCCCCCCCCOC(=O)C1CCC(CN)CC1. The summed E-state index contributed by atoms with van der Waals surface area (Å²) >= 11 is 0. The van der Waals surface area contributed by atoms with Crippen molar-refractivity contribution in [3.8, 4) is 0 Å². The average molecular weight is 354 g/mol. The van der Waals surface area contributed by atoms with Crippen LogP contribution in [0.15, 0.2) is 0 Å². The van der Waals surface area contributed by atoms with E-state index < -0.39 is 0 Å². The summed E-state index contributed by atoms with van der Waals surface area (Å²) in [7, 11) is 0. The van der Waals surface area contributed by atoms with E-state index in [1.807, 2.05) is 0 Å². The molecule has 0 unspecified atom stereocenters. The van der Waals surface area contributed by atoms with Gasteiger partial charge in [0.15, 0.2) is 0 Å². The Bertz CT molecular complexity index is 311. The molecule has 0 saturated heterocycles. The lowest BCUT2D eigenvalue weighted by atomic mass is 9.82. The predicted octanol–water partition coefficient (Wildman–Crippen LogP) is 6.00. The van der Waals surface area contributed by atoms with Gasteiger partial charge in [-0.05, 0) is 44.6 Å². The highest BCUT2D eigenvalue weighted by molar-refractivity contribution is 5.72. The first-order valence-corrected chi connectivity index (χ1v) is 11.1. The molecule has 0 aliphatic heterocycles. The fourth-order valence-electron chi connectivity index (χ4n) is 3.87. The first-order chi connectivity index (χ1) is 12.3. The number of carbonyl (C=O) groups excluding carboxylic acids is 1. The fraction of sp³-hybridized carbons (Fsp3) is 0.955. The van der Waals surface area contributed by atoms with Crippen molar-refractivity contribution in [2.24, 2.45) is 17.6 Å². The second-order valence-electron chi connectivity index (χ2n) is 8.01. The Morgan fingerprint density at radius 1 is 0.800 bits per heavy atom. The van der Waals surface area contributed by atoms with E-state index in [-0.39, 0.29) is 11.9 Å². The molecular formula is C22H43NO2. The molecule has 3 heteroatoms. The Morgan fingerprint density at radius 3 is 1.76 bits per heavy atom. The number of hydrogen-bond donors (Lipinski definition) is 1. The summed E-state index contributed by atoms with van der Waals surface area (Å²) in [6.07, 6.45) is 20.2. The summed E-state index contributed by atoms with van der Waals surface area (Å²) in [4.78, 5) is 12.0. The van der Waals surface area contributed by atoms with Gasteiger partial charge in [0.2, 0.25) is 0 Å². The lowest BCUT2D eigenvalue weighted by Crippen LogP contribution is -2.27. The zero-order valence-corrected chi connectivity index (χ0v) is 16.8. The van der Waals surface area contributed by atoms with Crippen LogP contribution in [0.1, 0.15) is 110 Å². The van der Waals surface area contributed by atoms with Gasteiger partial charge in [-0.1, -0.05) is 77.6 Å². The monoisotopic (exact) mass is 353 g/mol. The minimum absolute atomic E-state index is 0.0403. The Balaban J connectivity index is 1.82. The predicted molar refractivity (Wildman–Crippen MR) is 107 cm³/mol. The van der Waals surface area contributed by atoms with Gasteiger partial charge in [-0.2, -0.15) is 0 Å². The molecule has 0 aromatic heterocycles. The lowest BCUT2D eigenvalue weighted by Gasteiger charge is -2.26. The average Bonchev–Trinajstić information content (AvgIpc) is 2.65. The molecule has 0 radical (unpaired) electrons. The molecule has 25 heavy (non-hydrogen) atoms. The molecule has 0 amide bonds. The Kier molecular flexibility index (Phi) is 14.1. The van der Waals surface area contributed by atoms with Crippen molar-refractivity contribution in [1.82, 2.24) is 0 Å². The van der Waals surface area contributed by atoms with Crippen LogP contribution in [0.4, 0.5) is 0 Å². The summed E-state index contributed by atoms with van der Waals surface area (Å²) in [5, 5.41) is 0. The minimum atomic E-state index is 0.0403. The third-order valence-electron chi connectivity index (χ3n) is 5.76. The molecule has 0 spiro atoms. The highest BCUT2D eigenvalue weighted by atomic mass is 16.5. The van der Waals surface area contributed by atoms with Crippen LogP contribution in [0.3, 0.4) is 0 Å². The quantitative estimate of drug-likeness (QED) is 0.290. The van der Waals surface area contributed by atoms with Gasteiger partial charge in [0.1, 0.15) is 0 Å². The molecule has 0 aromatic carbocycles. The first kappa shape index (κ1) is 22.5. The second-order valence-corrected chi connectivity index (χ2v) is 8.01. The smallest absolute Gasteiger partial charge is 0.308 e. The van der Waals surface area contributed by atoms with Crippen LogP contribution in [0.5, 0.6) is 0 Å². The number of carbonyl (C=O) groups is 1. The van der Waals surface area contributed by atoms with Gasteiger partial charge in [-0.3, -0.25) is 4.79 Å². The normalized spacial score (nSPS) is 20.6. The standard InChI is InChI=1S/C22H43NO2/c1-2-3-4-5-6-7-8-9-10-11-12-13-18-25-22(24)21-16-14-20(19-23)15-17-21/h20-21H,2-19,23H2,1H3. The molecule has 0 bridgehead atoms. The van der Waals surface area contributed by atoms with E-state index in [2.05, 4.69) is 6.92 Å². The zero-order valence-electron chi connectivity index (χ0n) is 16.8. The van der Waals surface area contributed by atoms with E-state index >= 15 is 0 Å². The van der Waals surface area contributed by atoms with E-state index in [0.29, 0.717) is 12.5 Å². The van der Waals surface area contributed by atoms with Crippen molar-refractivity contribution in [2.45, 2.75) is 110 Å². The van der Waals surface area contributed by atoms with Crippen LogP contribution in [0, 0.1) is 11.8 Å². The molecular weight excluding hydrogens is 310 g/mol. The molecule has 3 nitrogen and oxygen atoms in total. The summed E-state index contributed by atoms with van der Waals surface area (Å²) in [5.74, 6) is 0.805. The van der Waals surface area contributed by atoms with Crippen molar-refractivity contribution in [2.75, 3.05) is 13.2 Å². The van der Waals surface area contributed by atoms with Crippen LogP contribution in [0.2, 0.25) is 0 Å². The topological polar surface area (TPSA) is 52.3 Å². The van der Waals surface area contributed by atoms with Gasteiger partial charge in [-0.25, -0.2) is 0 Å². The maximum atomic E-state index is 12.0. The molecule has 148 valence electrons. The van der Waals surface area contributed by atoms with Crippen LogP contribution < -0.4 is 5.73 Å². The number of ether oxygens (including phenoxy) is 1. The third kappa shape index (κ3) is 11.6. The Hall–Kier alpha value is -0.570. The molecule has 1 rings (SSSR count). The van der Waals surface area contributed by atoms with Gasteiger partial charge in [0, 0.05) is 0 Å². The third-order valence-corrected chi connectivity index (χ3v) is 5.76. The molecule has 2 N–H and O–H groups in total. The largest absolute Gasteiger partial charge is 0.465 e. The first-order valence-electron chi connectivity index (χ1n) is 11.1. The molecule has 1 aliphatic rings. The second kappa shape index (κ2) is 15.7. The maximum Gasteiger partial charge on any atom is 0.308 e. The highest BCUT2D eigenvalue weighted by Crippen LogP contribution is 2.28. The molecule has 0 aromatic rings. The molecule has 0 atom stereocenters. The van der Waals surface area contributed by atoms with Gasteiger partial charge in [-0.15, -0.1) is 0 Å². The highest BCUT2D eigenvalue weighted by Gasteiger charge is 2.26. The maximum absolute atomic E-state index is 12.0. The van der Waals surface area contributed by atoms with Crippen molar-refractivity contribution in [1.29, 1.82) is 0 Å². The number of esters is 1. The van der Waals surface area contributed by atoms with E-state index in [1.54, 1.807) is 0 Å². The van der Waals surface area contributed by atoms with Crippen molar-refractivity contribution in [3.63, 3.8) is 0 Å². The van der Waals surface area contributed by atoms with Crippen molar-refractivity contribution < 1.29 is 9.53 Å². The lowest BCUT2D eigenvalue weighted by molar-refractivity contribution is -0.150. The molecule has 1 aliphatic carbocycles. The fourth-order valence-corrected chi connectivity index (χ4v) is 3.87. The van der Waals surface area contributed by atoms with E-state index in [1.165, 1.54) is 70.6 Å². The summed E-state index contributed by atoms with van der Waals surface area (Å²) in [5.41, 5.74) is 5.70. The Labute approximate surface area is 156 Å². The summed E-state index contributed by atoms with van der Waals surface area (Å²) < 4.78 is 5.47. The molecule has 1 fully saturated rings. The number of unbranched alkanes of at least 4 members (excludes halogenated alkanes) is 11. The van der Waals surface area contributed by atoms with Crippen molar-refractivity contribution in [3.05, 3.63) is 0 Å². The van der Waals surface area contributed by atoms with E-state index in [4.69, 9.17) is 10.5 Å². The van der Waals surface area contributed by atoms with Crippen LogP contribution in [0.25, 0.3) is 0 Å². The number of nitrogens with two attached hydrogens (primary N) is 1. The number of hydrogen-bond acceptors (Lipinski definition) is 3. The van der Waals surface area contributed by atoms with Gasteiger partial charge in [0.25, 0.3) is 0 Å². The van der Waals surface area contributed by atoms with Crippen LogP contribution in [-0.2, 0) is 9.53 Å². The molecule has 0 heterocycles. The number of rotatable bonds is 15. The van der Waals surface area contributed by atoms with Crippen LogP contribution in [-0.4, -0.2) is 19.1 Å².